The number of hydrogen-bond acceptors (Lipinski definition) is 3. The summed E-state index contributed by atoms with van der Waals surface area (Å²) in [6.07, 6.45) is 0. The molecule has 15 heavy (non-hydrogen) atoms. The molecule has 0 amide bonds. The van der Waals surface area contributed by atoms with E-state index in [9.17, 15) is 4.39 Å². The Morgan fingerprint density at radius 1 is 1.40 bits per heavy atom. The summed E-state index contributed by atoms with van der Waals surface area (Å²) in [4.78, 5) is 4.38. The van der Waals surface area contributed by atoms with E-state index < -0.39 is 0 Å². The van der Waals surface area contributed by atoms with E-state index in [1.165, 1.54) is 6.07 Å². The van der Waals surface area contributed by atoms with Gasteiger partial charge in [-0.25, -0.2) is 9.37 Å². The van der Waals surface area contributed by atoms with Crippen molar-refractivity contribution >= 4 is 26.7 Å². The second kappa shape index (κ2) is 3.77. The Hall–Kier alpha value is -1.16. The van der Waals surface area contributed by atoms with Crippen LogP contribution in [-0.4, -0.2) is 12.0 Å². The van der Waals surface area contributed by atoms with Gasteiger partial charge in [-0.3, -0.25) is 0 Å². The van der Waals surface area contributed by atoms with E-state index in [1.54, 1.807) is 17.4 Å². The maximum Gasteiger partial charge on any atom is 0.183 e. The fourth-order valence-corrected chi connectivity index (χ4v) is 2.48. The maximum absolute atomic E-state index is 13.6. The molecule has 0 aliphatic carbocycles. The molecule has 2 rings (SSSR count). The van der Waals surface area contributed by atoms with Crippen LogP contribution in [0.4, 0.5) is 9.52 Å². The highest BCUT2D eigenvalue weighted by Crippen LogP contribution is 2.32. The van der Waals surface area contributed by atoms with Gasteiger partial charge in [0.25, 0.3) is 0 Å². The summed E-state index contributed by atoms with van der Waals surface area (Å²) in [5, 5.41) is 3.82. The van der Waals surface area contributed by atoms with E-state index in [4.69, 9.17) is 0 Å². The highest BCUT2D eigenvalue weighted by molar-refractivity contribution is 7.22. The summed E-state index contributed by atoms with van der Waals surface area (Å²) in [6, 6.07) is 3.31. The second-order valence-corrected chi connectivity index (χ2v) is 4.76. The van der Waals surface area contributed by atoms with Crippen LogP contribution in [0.25, 0.3) is 10.2 Å². The lowest BCUT2D eigenvalue weighted by molar-refractivity contribution is 0.601. The molecule has 0 aliphatic rings. The SMILES string of the molecule is CNc1nc2c(C(C)C)c(F)ccc2s1. The topological polar surface area (TPSA) is 24.9 Å². The van der Waals surface area contributed by atoms with Crippen molar-refractivity contribution in [2.45, 2.75) is 19.8 Å². The molecule has 0 unspecified atom stereocenters. The second-order valence-electron chi connectivity index (χ2n) is 3.73. The number of nitrogens with zero attached hydrogens (tertiary/aromatic N) is 1. The molecule has 1 aromatic carbocycles. The molecule has 0 fully saturated rings. The first-order chi connectivity index (χ1) is 7.13. The van der Waals surface area contributed by atoms with Crippen LogP contribution in [0.2, 0.25) is 0 Å². The van der Waals surface area contributed by atoms with Crippen LogP contribution in [-0.2, 0) is 0 Å². The molecule has 2 nitrogen and oxygen atoms in total. The van der Waals surface area contributed by atoms with E-state index in [1.807, 2.05) is 20.9 Å². The number of rotatable bonds is 2. The molecular formula is C11H13FN2S. The largest absolute Gasteiger partial charge is 0.365 e. The lowest BCUT2D eigenvalue weighted by Gasteiger charge is -2.06. The van der Waals surface area contributed by atoms with Gasteiger partial charge in [0.05, 0.1) is 10.2 Å². The van der Waals surface area contributed by atoms with Crippen LogP contribution in [0, 0.1) is 5.82 Å². The molecule has 0 aliphatic heterocycles. The molecule has 0 spiro atoms. The highest BCUT2D eigenvalue weighted by Gasteiger charge is 2.14. The molecule has 2 aromatic rings. The van der Waals surface area contributed by atoms with Crippen LogP contribution in [0.1, 0.15) is 25.3 Å². The Labute approximate surface area is 92.1 Å². The lowest BCUT2D eigenvalue weighted by atomic mass is 10.0. The third-order valence-corrected chi connectivity index (χ3v) is 3.38. The smallest absolute Gasteiger partial charge is 0.183 e. The number of nitrogens with one attached hydrogen (secondary N) is 1. The van der Waals surface area contributed by atoms with Gasteiger partial charge in [-0.1, -0.05) is 25.2 Å². The Bertz CT molecular complexity index is 491. The van der Waals surface area contributed by atoms with Crippen molar-refractivity contribution in [3.8, 4) is 0 Å². The van der Waals surface area contributed by atoms with Crippen LogP contribution >= 0.6 is 11.3 Å². The van der Waals surface area contributed by atoms with Crippen molar-refractivity contribution in [2.24, 2.45) is 0 Å². The Morgan fingerprint density at radius 3 is 2.73 bits per heavy atom. The van der Waals surface area contributed by atoms with Gasteiger partial charge in [-0.15, -0.1) is 0 Å². The molecule has 0 saturated carbocycles. The Balaban J connectivity index is 2.74. The molecule has 1 heterocycles. The van der Waals surface area contributed by atoms with E-state index in [-0.39, 0.29) is 11.7 Å². The zero-order valence-corrected chi connectivity index (χ0v) is 9.78. The summed E-state index contributed by atoms with van der Waals surface area (Å²) in [5.41, 5.74) is 1.50. The van der Waals surface area contributed by atoms with Crippen LogP contribution < -0.4 is 5.32 Å². The van der Waals surface area contributed by atoms with Crippen molar-refractivity contribution in [1.82, 2.24) is 4.98 Å². The molecule has 0 radical (unpaired) electrons. The third kappa shape index (κ3) is 1.69. The van der Waals surface area contributed by atoms with Crippen molar-refractivity contribution in [1.29, 1.82) is 0 Å². The number of thiazole rings is 1. The number of hydrogen-bond donors (Lipinski definition) is 1. The normalized spacial score (nSPS) is 11.3. The monoisotopic (exact) mass is 224 g/mol. The van der Waals surface area contributed by atoms with Crippen LogP contribution in [0.15, 0.2) is 12.1 Å². The fraction of sp³-hybridized carbons (Fsp3) is 0.364. The molecule has 1 N–H and O–H groups in total. The lowest BCUT2D eigenvalue weighted by Crippen LogP contribution is -1.94. The number of fused-ring (bicyclic) bond motifs is 1. The zero-order chi connectivity index (χ0) is 11.0. The summed E-state index contributed by atoms with van der Waals surface area (Å²) in [7, 11) is 1.82. The highest BCUT2D eigenvalue weighted by atomic mass is 32.1. The minimum atomic E-state index is -0.162. The number of halogens is 1. The minimum absolute atomic E-state index is 0.153. The molecule has 1 aromatic heterocycles. The van der Waals surface area contributed by atoms with Gasteiger partial charge in [0.2, 0.25) is 0 Å². The van der Waals surface area contributed by atoms with Gasteiger partial charge in [-0.2, -0.15) is 0 Å². The van der Waals surface area contributed by atoms with E-state index in [0.29, 0.717) is 5.56 Å². The Morgan fingerprint density at radius 2 is 2.13 bits per heavy atom. The first-order valence-electron chi connectivity index (χ1n) is 4.90. The number of anilines is 1. The zero-order valence-electron chi connectivity index (χ0n) is 8.97. The van der Waals surface area contributed by atoms with Crippen molar-refractivity contribution < 1.29 is 4.39 Å². The molecule has 0 atom stereocenters. The van der Waals surface area contributed by atoms with Gasteiger partial charge in [0.15, 0.2) is 5.13 Å². The van der Waals surface area contributed by atoms with Crippen LogP contribution in [0.3, 0.4) is 0 Å². The average Bonchev–Trinajstić information content (AvgIpc) is 2.59. The van der Waals surface area contributed by atoms with E-state index in [0.717, 1.165) is 15.3 Å². The number of benzene rings is 1. The molecule has 0 bridgehead atoms. The summed E-state index contributed by atoms with van der Waals surface area (Å²) in [5.74, 6) is -0.00837. The first kappa shape index (κ1) is 10.4. The Kier molecular flexibility index (Phi) is 2.61. The molecular weight excluding hydrogens is 211 g/mol. The van der Waals surface area contributed by atoms with Gasteiger partial charge < -0.3 is 5.32 Å². The van der Waals surface area contributed by atoms with Gasteiger partial charge in [0.1, 0.15) is 5.82 Å². The van der Waals surface area contributed by atoms with Crippen molar-refractivity contribution in [2.75, 3.05) is 12.4 Å². The standard InChI is InChI=1S/C11H13FN2S/c1-6(2)9-7(12)4-5-8-10(9)14-11(13-3)15-8/h4-6H,1-3H3,(H,13,14). The van der Waals surface area contributed by atoms with Gasteiger partial charge >= 0.3 is 0 Å². The van der Waals surface area contributed by atoms with Crippen molar-refractivity contribution in [3.05, 3.63) is 23.5 Å². The minimum Gasteiger partial charge on any atom is -0.365 e. The summed E-state index contributed by atoms with van der Waals surface area (Å²) < 4.78 is 14.7. The molecule has 80 valence electrons. The quantitative estimate of drug-likeness (QED) is 0.843. The summed E-state index contributed by atoms with van der Waals surface area (Å²) in [6.45, 7) is 3.96. The van der Waals surface area contributed by atoms with E-state index >= 15 is 0 Å². The van der Waals surface area contributed by atoms with Crippen molar-refractivity contribution in [3.63, 3.8) is 0 Å². The van der Waals surface area contributed by atoms with E-state index in [2.05, 4.69) is 10.3 Å². The third-order valence-electron chi connectivity index (χ3n) is 2.34. The predicted octanol–water partition coefficient (Wildman–Crippen LogP) is 3.60. The molecule has 4 heteroatoms. The number of aromatic nitrogens is 1. The maximum atomic E-state index is 13.6. The summed E-state index contributed by atoms with van der Waals surface area (Å²) >= 11 is 1.55. The average molecular weight is 224 g/mol. The van der Waals surface area contributed by atoms with Crippen LogP contribution in [0.5, 0.6) is 0 Å². The first-order valence-corrected chi connectivity index (χ1v) is 5.71. The predicted molar refractivity (Wildman–Crippen MR) is 63.2 cm³/mol. The van der Waals surface area contributed by atoms with Gasteiger partial charge in [-0.05, 0) is 18.1 Å². The van der Waals surface area contributed by atoms with Gasteiger partial charge in [0, 0.05) is 12.6 Å². The fourth-order valence-electron chi connectivity index (χ4n) is 1.65. The molecule has 0 saturated heterocycles.